The SMILES string of the molecule is CCCCO[C@@H]1C[C@@]2(OC)O[C@@H]1C(=O)c1ccccc12. The molecule has 2 aliphatic heterocycles. The number of fused-ring (bicyclic) bond motifs is 4. The van der Waals surface area contributed by atoms with E-state index in [0.29, 0.717) is 18.6 Å². The number of Topliss-reactive ketones (excluding diaryl/α,β-unsaturated/α-hetero) is 1. The molecule has 0 saturated carbocycles. The highest BCUT2D eigenvalue weighted by atomic mass is 16.7. The number of carbonyl (C=O) groups is 1. The van der Waals surface area contributed by atoms with E-state index in [1.807, 2.05) is 24.3 Å². The molecule has 0 N–H and O–H groups in total. The number of unbranched alkanes of at least 4 members (excludes halogenated alkanes) is 1. The molecule has 20 heavy (non-hydrogen) atoms. The van der Waals surface area contributed by atoms with Crippen LogP contribution in [0.1, 0.15) is 42.1 Å². The van der Waals surface area contributed by atoms with Crippen LogP contribution in [0.25, 0.3) is 0 Å². The van der Waals surface area contributed by atoms with E-state index >= 15 is 0 Å². The lowest BCUT2D eigenvalue weighted by atomic mass is 9.95. The van der Waals surface area contributed by atoms with Gasteiger partial charge in [-0.15, -0.1) is 0 Å². The molecule has 1 saturated heterocycles. The lowest BCUT2D eigenvalue weighted by molar-refractivity contribution is -0.217. The predicted octanol–water partition coefficient (Wildman–Crippen LogP) is 2.66. The molecule has 1 aromatic carbocycles. The Morgan fingerprint density at radius 2 is 2.20 bits per heavy atom. The van der Waals surface area contributed by atoms with Crippen LogP contribution in [0.3, 0.4) is 0 Å². The standard InChI is InChI=1S/C16H20O4/c1-3-4-9-19-13-10-16(18-2)12-8-6-5-7-11(12)14(17)15(13)20-16/h5-8,13,15H,3-4,9-10H2,1-2H3/t13-,15+,16-/m1/s1. The molecule has 0 spiro atoms. The first-order valence-electron chi connectivity index (χ1n) is 7.20. The average Bonchev–Trinajstić information content (AvgIpc) is 2.83. The summed E-state index contributed by atoms with van der Waals surface area (Å²) in [7, 11) is 1.62. The summed E-state index contributed by atoms with van der Waals surface area (Å²) in [6.45, 7) is 2.77. The van der Waals surface area contributed by atoms with E-state index in [4.69, 9.17) is 14.2 Å². The maximum atomic E-state index is 12.5. The van der Waals surface area contributed by atoms with E-state index in [9.17, 15) is 4.79 Å². The molecule has 2 heterocycles. The summed E-state index contributed by atoms with van der Waals surface area (Å²) in [5.74, 6) is -0.821. The summed E-state index contributed by atoms with van der Waals surface area (Å²) in [6, 6.07) is 7.52. The summed E-state index contributed by atoms with van der Waals surface area (Å²) >= 11 is 0. The van der Waals surface area contributed by atoms with Crippen LogP contribution in [-0.2, 0) is 20.0 Å². The lowest BCUT2D eigenvalue weighted by Crippen LogP contribution is -2.39. The highest BCUT2D eigenvalue weighted by Gasteiger charge is 2.56. The minimum Gasteiger partial charge on any atom is -0.375 e. The Labute approximate surface area is 119 Å². The molecule has 4 heteroatoms. The smallest absolute Gasteiger partial charge is 0.198 e. The zero-order chi connectivity index (χ0) is 14.2. The number of ketones is 1. The largest absolute Gasteiger partial charge is 0.375 e. The van der Waals surface area contributed by atoms with Gasteiger partial charge in [-0.05, 0) is 6.42 Å². The number of benzene rings is 1. The van der Waals surface area contributed by atoms with Crippen molar-refractivity contribution in [2.24, 2.45) is 0 Å². The van der Waals surface area contributed by atoms with E-state index in [0.717, 1.165) is 18.4 Å². The second-order valence-corrected chi connectivity index (χ2v) is 5.37. The molecule has 4 nitrogen and oxygen atoms in total. The van der Waals surface area contributed by atoms with Crippen LogP contribution in [0.4, 0.5) is 0 Å². The van der Waals surface area contributed by atoms with Gasteiger partial charge in [0, 0.05) is 31.3 Å². The van der Waals surface area contributed by atoms with Crippen molar-refractivity contribution in [1.82, 2.24) is 0 Å². The molecule has 2 aliphatic rings. The maximum absolute atomic E-state index is 12.5. The third-order valence-corrected chi connectivity index (χ3v) is 4.15. The Bertz CT molecular complexity index is 513. The summed E-state index contributed by atoms with van der Waals surface area (Å²) in [6.07, 6.45) is 1.87. The fourth-order valence-corrected chi connectivity index (χ4v) is 3.05. The first-order valence-corrected chi connectivity index (χ1v) is 7.20. The van der Waals surface area contributed by atoms with Gasteiger partial charge in [0.25, 0.3) is 0 Å². The van der Waals surface area contributed by atoms with E-state index in [1.165, 1.54) is 0 Å². The number of rotatable bonds is 5. The molecule has 108 valence electrons. The average molecular weight is 276 g/mol. The van der Waals surface area contributed by atoms with E-state index < -0.39 is 11.9 Å². The van der Waals surface area contributed by atoms with Crippen molar-refractivity contribution < 1.29 is 19.0 Å². The van der Waals surface area contributed by atoms with Gasteiger partial charge in [-0.1, -0.05) is 37.6 Å². The van der Waals surface area contributed by atoms with Gasteiger partial charge < -0.3 is 14.2 Å². The third kappa shape index (κ3) is 1.99. The van der Waals surface area contributed by atoms with Crippen LogP contribution in [0, 0.1) is 0 Å². The lowest BCUT2D eigenvalue weighted by Gasteiger charge is -2.32. The monoisotopic (exact) mass is 276 g/mol. The summed E-state index contributed by atoms with van der Waals surface area (Å²) in [5, 5.41) is 0. The number of methoxy groups -OCH3 is 1. The van der Waals surface area contributed by atoms with Gasteiger partial charge in [0.2, 0.25) is 0 Å². The van der Waals surface area contributed by atoms with Crippen LogP contribution in [0.5, 0.6) is 0 Å². The Balaban J connectivity index is 1.91. The molecular weight excluding hydrogens is 256 g/mol. The predicted molar refractivity (Wildman–Crippen MR) is 73.6 cm³/mol. The van der Waals surface area contributed by atoms with Gasteiger partial charge in [0.15, 0.2) is 17.7 Å². The first-order chi connectivity index (χ1) is 9.72. The van der Waals surface area contributed by atoms with Crippen LogP contribution in [-0.4, -0.2) is 31.7 Å². The topological polar surface area (TPSA) is 44.8 Å². The molecular formula is C16H20O4. The fourth-order valence-electron chi connectivity index (χ4n) is 3.05. The molecule has 0 amide bonds. The number of hydrogen-bond donors (Lipinski definition) is 0. The number of ether oxygens (including phenoxy) is 3. The molecule has 0 unspecified atom stereocenters. The van der Waals surface area contributed by atoms with Crippen LogP contribution in [0.15, 0.2) is 24.3 Å². The van der Waals surface area contributed by atoms with Crippen molar-refractivity contribution in [3.05, 3.63) is 35.4 Å². The zero-order valence-corrected chi connectivity index (χ0v) is 11.9. The van der Waals surface area contributed by atoms with Gasteiger partial charge in [-0.25, -0.2) is 0 Å². The summed E-state index contributed by atoms with van der Waals surface area (Å²) in [5.41, 5.74) is 1.53. The Hall–Kier alpha value is -1.23. The van der Waals surface area contributed by atoms with Crippen molar-refractivity contribution in [2.45, 2.75) is 44.2 Å². The van der Waals surface area contributed by atoms with Crippen molar-refractivity contribution >= 4 is 5.78 Å². The molecule has 0 aliphatic carbocycles. The van der Waals surface area contributed by atoms with Gasteiger partial charge in [0.1, 0.15) is 0 Å². The quantitative estimate of drug-likeness (QED) is 0.776. The van der Waals surface area contributed by atoms with Crippen molar-refractivity contribution in [1.29, 1.82) is 0 Å². The fraction of sp³-hybridized carbons (Fsp3) is 0.562. The van der Waals surface area contributed by atoms with Gasteiger partial charge in [0.05, 0.1) is 6.10 Å². The zero-order valence-electron chi connectivity index (χ0n) is 11.9. The second-order valence-electron chi connectivity index (χ2n) is 5.37. The third-order valence-electron chi connectivity index (χ3n) is 4.15. The molecule has 0 radical (unpaired) electrons. The highest BCUT2D eigenvalue weighted by Crippen LogP contribution is 2.47. The van der Waals surface area contributed by atoms with E-state index in [-0.39, 0.29) is 11.9 Å². The molecule has 1 aromatic rings. The molecule has 2 bridgehead atoms. The Kier molecular flexibility index (Phi) is 3.63. The van der Waals surface area contributed by atoms with E-state index in [2.05, 4.69) is 6.92 Å². The van der Waals surface area contributed by atoms with Gasteiger partial charge in [-0.3, -0.25) is 4.79 Å². The summed E-state index contributed by atoms with van der Waals surface area (Å²) in [4.78, 5) is 12.5. The van der Waals surface area contributed by atoms with Crippen LogP contribution in [0.2, 0.25) is 0 Å². The van der Waals surface area contributed by atoms with Crippen molar-refractivity contribution in [3.63, 3.8) is 0 Å². The van der Waals surface area contributed by atoms with Crippen molar-refractivity contribution in [3.8, 4) is 0 Å². The Morgan fingerprint density at radius 3 is 2.95 bits per heavy atom. The van der Waals surface area contributed by atoms with Crippen LogP contribution >= 0.6 is 0 Å². The molecule has 3 rings (SSSR count). The Morgan fingerprint density at radius 1 is 1.40 bits per heavy atom. The number of carbonyl (C=O) groups excluding carboxylic acids is 1. The maximum Gasteiger partial charge on any atom is 0.198 e. The minimum atomic E-state index is -0.827. The van der Waals surface area contributed by atoms with Gasteiger partial charge >= 0.3 is 0 Å². The highest BCUT2D eigenvalue weighted by molar-refractivity contribution is 6.02. The minimum absolute atomic E-state index is 0.00673. The summed E-state index contributed by atoms with van der Waals surface area (Å²) < 4.78 is 17.4. The molecule has 3 atom stereocenters. The molecule has 1 fully saturated rings. The normalized spacial score (nSPS) is 31.4. The van der Waals surface area contributed by atoms with Crippen LogP contribution < -0.4 is 0 Å². The molecule has 0 aromatic heterocycles. The van der Waals surface area contributed by atoms with E-state index in [1.54, 1.807) is 7.11 Å². The van der Waals surface area contributed by atoms with Crippen molar-refractivity contribution in [2.75, 3.05) is 13.7 Å². The number of hydrogen-bond acceptors (Lipinski definition) is 4. The second kappa shape index (κ2) is 5.28. The van der Waals surface area contributed by atoms with Gasteiger partial charge in [-0.2, -0.15) is 0 Å². The first kappa shape index (κ1) is 13.7.